The summed E-state index contributed by atoms with van der Waals surface area (Å²) in [6.45, 7) is 0.733. The molecule has 2 aromatic rings. The van der Waals surface area contributed by atoms with Crippen LogP contribution in [0.5, 0.6) is 23.0 Å². The van der Waals surface area contributed by atoms with Gasteiger partial charge in [-0.15, -0.1) is 0 Å². The van der Waals surface area contributed by atoms with Crippen LogP contribution in [0.15, 0.2) is 36.4 Å². The van der Waals surface area contributed by atoms with E-state index in [1.165, 1.54) is 0 Å². The van der Waals surface area contributed by atoms with E-state index in [4.69, 9.17) is 43.4 Å². The van der Waals surface area contributed by atoms with E-state index in [0.717, 1.165) is 11.1 Å². The topological polar surface area (TPSA) is 36.9 Å². The van der Waals surface area contributed by atoms with E-state index < -0.39 is 0 Å². The first kappa shape index (κ1) is 18.2. The van der Waals surface area contributed by atoms with Gasteiger partial charge >= 0.3 is 0 Å². The second-order valence-corrected chi connectivity index (χ2v) is 5.22. The van der Waals surface area contributed by atoms with Crippen LogP contribution in [-0.2, 0) is 0 Å². The second-order valence-electron chi connectivity index (χ2n) is 4.75. The Morgan fingerprint density at radius 1 is 0.708 bits per heavy atom. The Balaban J connectivity index is 1.93. The first-order valence-corrected chi connectivity index (χ1v) is 8.18. The van der Waals surface area contributed by atoms with Gasteiger partial charge in [0, 0.05) is 10.7 Å². The van der Waals surface area contributed by atoms with E-state index in [-0.39, 0.29) is 0 Å². The van der Waals surface area contributed by atoms with Crippen LogP contribution < -0.4 is 18.9 Å². The molecule has 0 heterocycles. The second kappa shape index (κ2) is 9.20. The highest BCUT2D eigenvalue weighted by Gasteiger charge is 2.07. The predicted molar refractivity (Wildman–Crippen MR) is 102 cm³/mol. The van der Waals surface area contributed by atoms with E-state index in [9.17, 15) is 0 Å². The minimum absolute atomic E-state index is 0.366. The van der Waals surface area contributed by atoms with E-state index in [1.807, 2.05) is 36.4 Å². The molecule has 0 aliphatic rings. The van der Waals surface area contributed by atoms with Crippen LogP contribution in [0.2, 0.25) is 0 Å². The SMILES string of the molecule is COc1cc(C=S)ccc1OCCOc1ccc(C=S)cc1OC. The number of rotatable bonds is 9. The van der Waals surface area contributed by atoms with Crippen molar-refractivity contribution < 1.29 is 18.9 Å². The molecule has 0 radical (unpaired) electrons. The smallest absolute Gasteiger partial charge is 0.161 e. The molecule has 6 heteroatoms. The summed E-state index contributed by atoms with van der Waals surface area (Å²) in [4.78, 5) is 0. The molecular weight excluding hydrogens is 344 g/mol. The van der Waals surface area contributed by atoms with Gasteiger partial charge in [-0.3, -0.25) is 0 Å². The van der Waals surface area contributed by atoms with Gasteiger partial charge in [-0.1, -0.05) is 36.6 Å². The third kappa shape index (κ3) is 4.66. The molecule has 0 saturated heterocycles. The van der Waals surface area contributed by atoms with Crippen molar-refractivity contribution in [2.24, 2.45) is 0 Å². The number of hydrogen-bond donors (Lipinski definition) is 0. The van der Waals surface area contributed by atoms with Crippen LogP contribution in [0.4, 0.5) is 0 Å². The van der Waals surface area contributed by atoms with Crippen molar-refractivity contribution in [2.45, 2.75) is 0 Å². The number of ether oxygens (including phenoxy) is 4. The van der Waals surface area contributed by atoms with E-state index >= 15 is 0 Å². The average molecular weight is 362 g/mol. The largest absolute Gasteiger partial charge is 0.493 e. The fourth-order valence-electron chi connectivity index (χ4n) is 2.06. The number of benzene rings is 2. The quantitative estimate of drug-likeness (QED) is 0.498. The normalized spacial score (nSPS) is 9.92. The molecule has 24 heavy (non-hydrogen) atoms. The van der Waals surface area contributed by atoms with Crippen LogP contribution >= 0.6 is 24.4 Å². The van der Waals surface area contributed by atoms with E-state index in [1.54, 1.807) is 25.0 Å². The lowest BCUT2D eigenvalue weighted by Crippen LogP contribution is -2.10. The van der Waals surface area contributed by atoms with Gasteiger partial charge < -0.3 is 18.9 Å². The lowest BCUT2D eigenvalue weighted by atomic mass is 10.2. The summed E-state index contributed by atoms with van der Waals surface area (Å²) >= 11 is 9.82. The molecule has 0 unspecified atom stereocenters. The van der Waals surface area contributed by atoms with Gasteiger partial charge in [-0.05, 0) is 35.4 Å². The molecule has 0 N–H and O–H groups in total. The summed E-state index contributed by atoms with van der Waals surface area (Å²) in [5.74, 6) is 2.56. The van der Waals surface area contributed by atoms with Crippen molar-refractivity contribution in [3.05, 3.63) is 47.5 Å². The van der Waals surface area contributed by atoms with Gasteiger partial charge in [-0.2, -0.15) is 0 Å². The fraction of sp³-hybridized carbons (Fsp3) is 0.222. The lowest BCUT2D eigenvalue weighted by molar-refractivity contribution is 0.206. The maximum absolute atomic E-state index is 5.71. The van der Waals surface area contributed by atoms with Crippen molar-refractivity contribution >= 4 is 35.2 Å². The molecule has 2 aromatic carbocycles. The highest BCUT2D eigenvalue weighted by atomic mass is 32.1. The zero-order valence-electron chi connectivity index (χ0n) is 13.5. The molecular formula is C18H18O4S2. The Kier molecular flexibility index (Phi) is 6.96. The Hall–Kier alpha value is -2.18. The molecule has 4 nitrogen and oxygen atoms in total. The summed E-state index contributed by atoms with van der Waals surface area (Å²) in [6.07, 6.45) is 0. The van der Waals surface area contributed by atoms with Crippen LogP contribution in [0, 0.1) is 0 Å². The van der Waals surface area contributed by atoms with Gasteiger partial charge in [0.1, 0.15) is 13.2 Å². The molecule has 126 valence electrons. The lowest BCUT2D eigenvalue weighted by Gasteiger charge is -2.13. The molecule has 0 aliphatic heterocycles. The highest BCUT2D eigenvalue weighted by molar-refractivity contribution is 7.79. The maximum atomic E-state index is 5.71. The Morgan fingerprint density at radius 3 is 1.46 bits per heavy atom. The van der Waals surface area contributed by atoms with E-state index in [2.05, 4.69) is 0 Å². The maximum Gasteiger partial charge on any atom is 0.161 e. The zero-order valence-corrected chi connectivity index (χ0v) is 15.1. The predicted octanol–water partition coefficient (Wildman–Crippen LogP) is 3.86. The summed E-state index contributed by atoms with van der Waals surface area (Å²) in [7, 11) is 3.18. The molecule has 0 aromatic heterocycles. The van der Waals surface area contributed by atoms with Crippen LogP contribution in [0.3, 0.4) is 0 Å². The number of methoxy groups -OCH3 is 2. The van der Waals surface area contributed by atoms with Gasteiger partial charge in [0.15, 0.2) is 23.0 Å². The van der Waals surface area contributed by atoms with Crippen molar-refractivity contribution in [3.8, 4) is 23.0 Å². The molecule has 0 aliphatic carbocycles. The van der Waals surface area contributed by atoms with Crippen molar-refractivity contribution in [2.75, 3.05) is 27.4 Å². The summed E-state index contributed by atoms with van der Waals surface area (Å²) in [6, 6.07) is 11.1. The average Bonchev–Trinajstić information content (AvgIpc) is 2.65. The summed E-state index contributed by atoms with van der Waals surface area (Å²) < 4.78 is 22.0. The zero-order chi connectivity index (χ0) is 17.4. The van der Waals surface area contributed by atoms with Crippen molar-refractivity contribution in [1.29, 1.82) is 0 Å². The Labute approximate surface area is 152 Å². The molecule has 0 saturated carbocycles. The monoisotopic (exact) mass is 362 g/mol. The fourth-order valence-corrected chi connectivity index (χ4v) is 2.35. The highest BCUT2D eigenvalue weighted by Crippen LogP contribution is 2.29. The third-order valence-corrected chi connectivity index (χ3v) is 3.79. The third-order valence-electron chi connectivity index (χ3n) is 3.25. The first-order valence-electron chi connectivity index (χ1n) is 7.24. The minimum Gasteiger partial charge on any atom is -0.493 e. The number of thiocarbonyl (C=S) groups is 2. The molecule has 0 spiro atoms. The summed E-state index contributed by atoms with van der Waals surface area (Å²) in [5, 5.41) is 3.18. The van der Waals surface area contributed by atoms with Crippen molar-refractivity contribution in [1.82, 2.24) is 0 Å². The summed E-state index contributed by atoms with van der Waals surface area (Å²) in [5.41, 5.74) is 1.79. The minimum atomic E-state index is 0.366. The molecule has 2 rings (SSSR count). The van der Waals surface area contributed by atoms with Crippen LogP contribution in [0.25, 0.3) is 0 Å². The van der Waals surface area contributed by atoms with Crippen LogP contribution in [0.1, 0.15) is 11.1 Å². The van der Waals surface area contributed by atoms with Gasteiger partial charge in [0.25, 0.3) is 0 Å². The Morgan fingerprint density at radius 2 is 1.12 bits per heavy atom. The molecule has 0 fully saturated rings. The van der Waals surface area contributed by atoms with Crippen molar-refractivity contribution in [3.63, 3.8) is 0 Å². The number of hydrogen-bond acceptors (Lipinski definition) is 6. The molecule has 0 atom stereocenters. The van der Waals surface area contributed by atoms with Gasteiger partial charge in [0.2, 0.25) is 0 Å². The molecule has 0 bridgehead atoms. The standard InChI is InChI=1S/C18H18O4S2/c1-19-17-9-13(11-23)3-5-15(17)21-7-8-22-16-6-4-14(12-24)10-18(16)20-2/h3-6,9-12H,7-8H2,1-2H3. The van der Waals surface area contributed by atoms with E-state index in [0.29, 0.717) is 36.2 Å². The van der Waals surface area contributed by atoms with Gasteiger partial charge in [-0.25, -0.2) is 0 Å². The molecule has 0 amide bonds. The van der Waals surface area contributed by atoms with Gasteiger partial charge in [0.05, 0.1) is 14.2 Å². The van der Waals surface area contributed by atoms with Crippen LogP contribution in [-0.4, -0.2) is 38.2 Å². The first-order chi connectivity index (χ1) is 11.7. The Bertz CT molecular complexity index is 655.